The highest BCUT2D eigenvalue weighted by atomic mass is 16.5. The molecular weight excluding hydrogens is 268 g/mol. The number of carbonyl (C=O) groups is 1. The van der Waals surface area contributed by atoms with Crippen LogP contribution in [0.25, 0.3) is 0 Å². The number of anilines is 3. The van der Waals surface area contributed by atoms with Crippen LogP contribution in [0.5, 0.6) is 5.75 Å². The summed E-state index contributed by atoms with van der Waals surface area (Å²) < 4.78 is 5.56. The second kappa shape index (κ2) is 6.13. The Morgan fingerprint density at radius 1 is 1.29 bits per heavy atom. The number of aromatic nitrogens is 1. The fraction of sp³-hybridized carbons (Fsp3) is 0.200. The third kappa shape index (κ3) is 3.85. The van der Waals surface area contributed by atoms with Crippen molar-refractivity contribution in [3.63, 3.8) is 0 Å². The molecular formula is C15H18N4O2. The number of nitrogen functional groups attached to an aromatic ring is 1. The molecule has 0 spiro atoms. The van der Waals surface area contributed by atoms with E-state index < -0.39 is 5.91 Å². The molecule has 0 unspecified atom stereocenters. The molecule has 6 heteroatoms. The minimum Gasteiger partial charge on any atom is -0.491 e. The van der Waals surface area contributed by atoms with Crippen LogP contribution in [0.15, 0.2) is 36.5 Å². The van der Waals surface area contributed by atoms with E-state index in [1.807, 2.05) is 38.1 Å². The van der Waals surface area contributed by atoms with Gasteiger partial charge in [-0.3, -0.25) is 4.79 Å². The van der Waals surface area contributed by atoms with Gasteiger partial charge in [0.05, 0.1) is 23.6 Å². The Morgan fingerprint density at radius 3 is 2.52 bits per heavy atom. The van der Waals surface area contributed by atoms with Crippen LogP contribution >= 0.6 is 0 Å². The number of amides is 1. The molecule has 1 heterocycles. The van der Waals surface area contributed by atoms with Crippen LogP contribution in [0.2, 0.25) is 0 Å². The van der Waals surface area contributed by atoms with Crippen LogP contribution in [0, 0.1) is 0 Å². The summed E-state index contributed by atoms with van der Waals surface area (Å²) in [6.07, 6.45) is 1.53. The molecule has 110 valence electrons. The third-order valence-corrected chi connectivity index (χ3v) is 2.70. The van der Waals surface area contributed by atoms with Crippen LogP contribution in [0.4, 0.5) is 17.2 Å². The lowest BCUT2D eigenvalue weighted by Gasteiger charge is -2.11. The van der Waals surface area contributed by atoms with Crippen molar-refractivity contribution in [2.75, 3.05) is 11.1 Å². The molecule has 0 aliphatic carbocycles. The number of pyridine rings is 1. The van der Waals surface area contributed by atoms with Crippen LogP contribution in [-0.4, -0.2) is 17.0 Å². The lowest BCUT2D eigenvalue weighted by Crippen LogP contribution is -2.14. The van der Waals surface area contributed by atoms with Gasteiger partial charge in [-0.15, -0.1) is 0 Å². The van der Waals surface area contributed by atoms with Crippen molar-refractivity contribution in [3.05, 3.63) is 42.1 Å². The van der Waals surface area contributed by atoms with Gasteiger partial charge in [-0.1, -0.05) is 0 Å². The highest BCUT2D eigenvalue weighted by Gasteiger charge is 2.08. The summed E-state index contributed by atoms with van der Waals surface area (Å²) in [5.74, 6) is 0.702. The van der Waals surface area contributed by atoms with E-state index >= 15 is 0 Å². The number of benzene rings is 1. The first-order valence-corrected chi connectivity index (χ1v) is 6.55. The molecule has 0 atom stereocenters. The number of carbonyl (C=O) groups excluding carboxylic acids is 1. The molecule has 5 N–H and O–H groups in total. The first-order chi connectivity index (χ1) is 9.95. The van der Waals surface area contributed by atoms with E-state index in [9.17, 15) is 4.79 Å². The topological polar surface area (TPSA) is 103 Å². The largest absolute Gasteiger partial charge is 0.491 e. The van der Waals surface area contributed by atoms with Gasteiger partial charge in [0.1, 0.15) is 11.6 Å². The molecule has 0 fully saturated rings. The molecule has 0 aliphatic rings. The van der Waals surface area contributed by atoms with Crippen molar-refractivity contribution in [2.24, 2.45) is 5.73 Å². The molecule has 0 aliphatic heterocycles. The average molecular weight is 286 g/mol. The fourth-order valence-electron chi connectivity index (χ4n) is 1.78. The Bertz CT molecular complexity index is 639. The smallest absolute Gasteiger partial charge is 0.250 e. The van der Waals surface area contributed by atoms with E-state index in [0.717, 1.165) is 11.4 Å². The Labute approximate surface area is 123 Å². The van der Waals surface area contributed by atoms with E-state index in [0.29, 0.717) is 5.82 Å². The zero-order chi connectivity index (χ0) is 15.4. The number of rotatable bonds is 5. The van der Waals surface area contributed by atoms with Crippen molar-refractivity contribution in [3.8, 4) is 5.75 Å². The van der Waals surface area contributed by atoms with Crippen LogP contribution in [0.1, 0.15) is 24.2 Å². The van der Waals surface area contributed by atoms with Gasteiger partial charge >= 0.3 is 0 Å². The molecule has 0 saturated carbocycles. The van der Waals surface area contributed by atoms with Crippen molar-refractivity contribution in [1.29, 1.82) is 0 Å². The van der Waals surface area contributed by atoms with Gasteiger partial charge in [-0.25, -0.2) is 4.98 Å². The molecule has 1 amide bonds. The molecule has 0 radical (unpaired) electrons. The van der Waals surface area contributed by atoms with E-state index in [4.69, 9.17) is 16.2 Å². The monoisotopic (exact) mass is 286 g/mol. The number of primary amides is 1. The van der Waals surface area contributed by atoms with E-state index in [1.54, 1.807) is 0 Å². The van der Waals surface area contributed by atoms with Crippen LogP contribution in [-0.2, 0) is 0 Å². The van der Waals surface area contributed by atoms with Gasteiger partial charge in [-0.05, 0) is 44.2 Å². The van der Waals surface area contributed by atoms with E-state index in [2.05, 4.69) is 10.3 Å². The average Bonchev–Trinajstić information content (AvgIpc) is 2.42. The molecule has 2 aromatic rings. The van der Waals surface area contributed by atoms with Crippen LogP contribution < -0.4 is 21.5 Å². The Kier molecular flexibility index (Phi) is 4.27. The standard InChI is InChI=1S/C15H18N4O2/c1-9(2)21-11-5-3-10(4-6-11)19-14-7-12(15(17)20)13(16)8-18-14/h3-9H,16H2,1-2H3,(H2,17,20)(H,18,19). The first kappa shape index (κ1) is 14.6. The van der Waals surface area contributed by atoms with Crippen molar-refractivity contribution in [2.45, 2.75) is 20.0 Å². The number of nitrogens with zero attached hydrogens (tertiary/aromatic N) is 1. The summed E-state index contributed by atoms with van der Waals surface area (Å²) in [5, 5.41) is 3.08. The highest BCUT2D eigenvalue weighted by Crippen LogP contribution is 2.21. The van der Waals surface area contributed by atoms with Gasteiger partial charge in [0, 0.05) is 5.69 Å². The Hall–Kier alpha value is -2.76. The summed E-state index contributed by atoms with van der Waals surface area (Å²) in [6, 6.07) is 8.96. The maximum Gasteiger partial charge on any atom is 0.250 e. The van der Waals surface area contributed by atoms with Gasteiger partial charge in [-0.2, -0.15) is 0 Å². The van der Waals surface area contributed by atoms with Crippen molar-refractivity contribution < 1.29 is 9.53 Å². The molecule has 0 bridgehead atoms. The summed E-state index contributed by atoms with van der Waals surface area (Å²) in [5.41, 5.74) is 12.2. The Balaban J connectivity index is 2.14. The summed E-state index contributed by atoms with van der Waals surface area (Å²) in [4.78, 5) is 15.4. The predicted molar refractivity (Wildman–Crippen MR) is 82.7 cm³/mol. The normalized spacial score (nSPS) is 10.4. The molecule has 1 aromatic carbocycles. The number of hydrogen-bond donors (Lipinski definition) is 3. The lowest BCUT2D eigenvalue weighted by molar-refractivity contribution is 0.100. The van der Waals surface area contributed by atoms with Crippen LogP contribution in [0.3, 0.4) is 0 Å². The number of ether oxygens (including phenoxy) is 1. The van der Waals surface area contributed by atoms with Gasteiger partial charge in [0.25, 0.3) is 5.91 Å². The van der Waals surface area contributed by atoms with Gasteiger partial charge in [0.15, 0.2) is 0 Å². The number of nitrogens with one attached hydrogen (secondary N) is 1. The van der Waals surface area contributed by atoms with Gasteiger partial charge in [0.2, 0.25) is 0 Å². The molecule has 2 rings (SSSR count). The second-order valence-electron chi connectivity index (χ2n) is 4.84. The van der Waals surface area contributed by atoms with E-state index in [-0.39, 0.29) is 17.4 Å². The fourth-order valence-corrected chi connectivity index (χ4v) is 1.78. The lowest BCUT2D eigenvalue weighted by atomic mass is 10.2. The maximum atomic E-state index is 11.2. The summed E-state index contributed by atoms with van der Waals surface area (Å²) in [7, 11) is 0. The first-order valence-electron chi connectivity index (χ1n) is 6.55. The van der Waals surface area contributed by atoms with Gasteiger partial charge < -0.3 is 21.5 Å². The third-order valence-electron chi connectivity index (χ3n) is 2.70. The molecule has 1 aromatic heterocycles. The zero-order valence-corrected chi connectivity index (χ0v) is 12.0. The predicted octanol–water partition coefficient (Wildman–Crippen LogP) is 2.29. The SMILES string of the molecule is CC(C)Oc1ccc(Nc2cc(C(N)=O)c(N)cn2)cc1. The van der Waals surface area contributed by atoms with E-state index in [1.165, 1.54) is 12.3 Å². The maximum absolute atomic E-state index is 11.2. The summed E-state index contributed by atoms with van der Waals surface area (Å²) in [6.45, 7) is 3.94. The molecule has 6 nitrogen and oxygen atoms in total. The molecule has 0 saturated heterocycles. The number of nitrogens with two attached hydrogens (primary N) is 2. The number of hydrogen-bond acceptors (Lipinski definition) is 5. The minimum absolute atomic E-state index is 0.126. The zero-order valence-electron chi connectivity index (χ0n) is 12.0. The summed E-state index contributed by atoms with van der Waals surface area (Å²) >= 11 is 0. The van der Waals surface area contributed by atoms with Crippen molar-refractivity contribution in [1.82, 2.24) is 4.98 Å². The quantitative estimate of drug-likeness (QED) is 0.782. The minimum atomic E-state index is -0.585. The second-order valence-corrected chi connectivity index (χ2v) is 4.84. The molecule has 21 heavy (non-hydrogen) atoms. The highest BCUT2D eigenvalue weighted by molar-refractivity contribution is 5.98. The Morgan fingerprint density at radius 2 is 1.95 bits per heavy atom. The van der Waals surface area contributed by atoms with Crippen molar-refractivity contribution >= 4 is 23.1 Å².